The molecular weight excluding hydrogens is 686 g/mol. The second-order valence-corrected chi connectivity index (χ2v) is 11.8. The number of benzene rings is 2. The predicted molar refractivity (Wildman–Crippen MR) is 168 cm³/mol. The average Bonchev–Trinajstić information content (AvgIpc) is 3.08. The summed E-state index contributed by atoms with van der Waals surface area (Å²) in [5.74, 6) is -7.74. The largest absolute Gasteiger partial charge is 0.504 e. The Morgan fingerprint density at radius 2 is 1.76 bits per heavy atom. The summed E-state index contributed by atoms with van der Waals surface area (Å²) < 4.78 is 20.8. The first-order valence-electron chi connectivity index (χ1n) is 14.3. The molecule has 3 atom stereocenters. The van der Waals surface area contributed by atoms with Crippen LogP contribution in [0, 0.1) is 0 Å². The molecule has 5 rings (SSSR count). The third-order valence-corrected chi connectivity index (χ3v) is 8.99. The summed E-state index contributed by atoms with van der Waals surface area (Å²) in [5, 5.41) is 41.9. The van der Waals surface area contributed by atoms with E-state index in [0.29, 0.717) is 0 Å². The molecule has 19 heteroatoms. The Labute approximate surface area is 284 Å². The number of thioether (sulfide) groups is 1. The highest BCUT2D eigenvalue weighted by Gasteiger charge is 2.67. The first-order valence-corrected chi connectivity index (χ1v) is 15.4. The number of carbonyl (C=O) groups excluding carboxylic acids is 4. The van der Waals surface area contributed by atoms with E-state index in [4.69, 9.17) is 23.7 Å². The number of phenolic OH excluding ortho intramolecular Hbond substituents is 2. The van der Waals surface area contributed by atoms with Crippen molar-refractivity contribution in [1.82, 2.24) is 15.5 Å². The third kappa shape index (κ3) is 6.50. The number of nitrogens with one attached hydrogen (secondary N) is 2. The smallest absolute Gasteiger partial charge is 0.352 e. The fourth-order valence-electron chi connectivity index (χ4n) is 5.22. The molecule has 1 unspecified atom stereocenters. The van der Waals surface area contributed by atoms with Crippen molar-refractivity contribution in [3.8, 4) is 17.2 Å². The number of aliphatic carboxylic acids is 2. The Bertz CT molecular complexity index is 2030. The molecule has 6 N–H and O–H groups in total. The Morgan fingerprint density at radius 1 is 1.08 bits per heavy atom. The normalized spacial score (nSPS) is 18.8. The lowest BCUT2D eigenvalue weighted by Gasteiger charge is -2.56. The van der Waals surface area contributed by atoms with Gasteiger partial charge in [-0.15, -0.1) is 11.8 Å². The summed E-state index contributed by atoms with van der Waals surface area (Å²) in [6.45, 7) is 0.0696. The van der Waals surface area contributed by atoms with Gasteiger partial charge < -0.3 is 49.7 Å². The molecule has 0 saturated carbocycles. The predicted octanol–water partition coefficient (Wildman–Crippen LogP) is 0.415. The number of esters is 1. The second kappa shape index (κ2) is 13.8. The van der Waals surface area contributed by atoms with Crippen molar-refractivity contribution in [2.45, 2.75) is 24.1 Å². The Morgan fingerprint density at radius 3 is 2.38 bits per heavy atom. The molecule has 2 aliphatic rings. The van der Waals surface area contributed by atoms with Crippen molar-refractivity contribution >= 4 is 58.4 Å². The molecule has 1 aromatic heterocycles. The second-order valence-electron chi connectivity index (χ2n) is 10.8. The lowest BCUT2D eigenvalue weighted by molar-refractivity contribution is -0.193. The lowest BCUT2D eigenvalue weighted by Crippen LogP contribution is -2.81. The van der Waals surface area contributed by atoms with Crippen LogP contribution in [-0.4, -0.2) is 98.1 Å². The van der Waals surface area contributed by atoms with Gasteiger partial charge in [-0.05, 0) is 23.8 Å². The van der Waals surface area contributed by atoms with E-state index in [1.54, 1.807) is 0 Å². The number of hydrogen-bond donors (Lipinski definition) is 6. The number of phenols is 2. The van der Waals surface area contributed by atoms with Crippen LogP contribution in [0.4, 0.5) is 0 Å². The van der Waals surface area contributed by atoms with E-state index < -0.39 is 94.2 Å². The van der Waals surface area contributed by atoms with Gasteiger partial charge in [0.25, 0.3) is 17.5 Å². The fraction of sp³-hybridized carbons (Fsp3) is 0.258. The van der Waals surface area contributed by atoms with E-state index in [0.717, 1.165) is 49.1 Å². The Balaban J connectivity index is 1.47. The minimum absolute atomic E-state index is 0.0205. The van der Waals surface area contributed by atoms with E-state index >= 15 is 0 Å². The molecular formula is C31H27N3O15S. The molecule has 3 aromatic rings. The Hall–Kier alpha value is -6.08. The number of aromatic hydroxyl groups is 2. The number of carboxylic acids is 2. The van der Waals surface area contributed by atoms with Crippen LogP contribution in [0.1, 0.15) is 28.9 Å². The van der Waals surface area contributed by atoms with Crippen LogP contribution in [0.5, 0.6) is 17.2 Å². The van der Waals surface area contributed by atoms with Crippen LogP contribution in [0.25, 0.3) is 11.0 Å². The molecule has 3 heterocycles. The average molecular weight is 714 g/mol. The van der Waals surface area contributed by atoms with Crippen molar-refractivity contribution in [1.29, 1.82) is 0 Å². The lowest BCUT2D eigenvalue weighted by atomic mass is 9.96. The van der Waals surface area contributed by atoms with Crippen molar-refractivity contribution in [3.05, 3.63) is 75.3 Å². The quantitative estimate of drug-likeness (QED) is 0.0642. The molecule has 3 amide bonds. The minimum atomic E-state index is -2.13. The number of β-lactam (4-membered cyclic amide) rings is 1. The van der Waals surface area contributed by atoms with Gasteiger partial charge in [-0.2, -0.15) is 0 Å². The maximum Gasteiger partial charge on any atom is 0.352 e. The van der Waals surface area contributed by atoms with Gasteiger partial charge in [-0.3, -0.25) is 28.9 Å². The SMILES string of the molecule is CO[C@@]1(NC(=O)C(NC(=O)c2coc3cc(O)c(O)cc3c2=O)c2ccc(OCC(=O)O)cc2)C(=O)N2C(C(=O)O)=C(COC(C)=O)CS[C@H]21. The zero-order valence-electron chi connectivity index (χ0n) is 26.0. The van der Waals surface area contributed by atoms with Crippen molar-refractivity contribution in [2.75, 3.05) is 26.1 Å². The van der Waals surface area contributed by atoms with Crippen LogP contribution in [0.15, 0.2) is 63.1 Å². The number of amides is 3. The highest BCUT2D eigenvalue weighted by molar-refractivity contribution is 8.00. The van der Waals surface area contributed by atoms with Crippen molar-refractivity contribution in [3.63, 3.8) is 0 Å². The van der Waals surface area contributed by atoms with E-state index in [1.807, 2.05) is 0 Å². The van der Waals surface area contributed by atoms with Gasteiger partial charge in [-0.1, -0.05) is 12.1 Å². The van der Waals surface area contributed by atoms with Gasteiger partial charge >= 0.3 is 17.9 Å². The molecule has 262 valence electrons. The van der Waals surface area contributed by atoms with Crippen LogP contribution >= 0.6 is 11.8 Å². The molecule has 50 heavy (non-hydrogen) atoms. The minimum Gasteiger partial charge on any atom is -0.504 e. The summed E-state index contributed by atoms with van der Waals surface area (Å²) in [5.41, 5.74) is -4.08. The van der Waals surface area contributed by atoms with Gasteiger partial charge in [0.2, 0.25) is 11.3 Å². The zero-order chi connectivity index (χ0) is 36.5. The van der Waals surface area contributed by atoms with E-state index in [2.05, 4.69) is 10.6 Å². The molecule has 1 saturated heterocycles. The topological polar surface area (TPSA) is 269 Å². The molecule has 0 aliphatic carbocycles. The van der Waals surface area contributed by atoms with E-state index in [9.17, 15) is 48.9 Å². The van der Waals surface area contributed by atoms with Gasteiger partial charge in [-0.25, -0.2) is 9.59 Å². The number of rotatable bonds is 12. The van der Waals surface area contributed by atoms with Crippen molar-refractivity contribution < 1.29 is 67.8 Å². The van der Waals surface area contributed by atoms with Crippen LogP contribution in [0.2, 0.25) is 0 Å². The molecule has 0 bridgehead atoms. The van der Waals surface area contributed by atoms with E-state index in [1.165, 1.54) is 24.3 Å². The highest BCUT2D eigenvalue weighted by atomic mass is 32.2. The summed E-state index contributed by atoms with van der Waals surface area (Å²) >= 11 is 1.01. The standard InChI is InChI=1S/C31H27N3O15S/c1-13(35)47-9-15-12-50-30-31(46-2,29(45)34(30)24(15)28(43)44)33-27(42)23(14-3-5-16(6-4-14)48-11-22(38)39)32-26(41)18-10-49-21-8-20(37)19(36)7-17(21)25(18)40/h3-8,10,23,30,36-37H,9,11-12H2,1-2H3,(H,32,41)(H,33,42)(H,38,39)(H,43,44)/t23?,30-,31-/m0/s1. The van der Waals surface area contributed by atoms with Gasteiger partial charge in [0.15, 0.2) is 18.1 Å². The summed E-state index contributed by atoms with van der Waals surface area (Å²) in [7, 11) is 1.10. The highest BCUT2D eigenvalue weighted by Crippen LogP contribution is 2.47. The van der Waals surface area contributed by atoms with Crippen LogP contribution in [0.3, 0.4) is 0 Å². The van der Waals surface area contributed by atoms with Crippen molar-refractivity contribution in [2.24, 2.45) is 0 Å². The summed E-state index contributed by atoms with van der Waals surface area (Å²) in [4.78, 5) is 89.6. The van der Waals surface area contributed by atoms with Crippen LogP contribution < -0.4 is 20.8 Å². The van der Waals surface area contributed by atoms with Gasteiger partial charge in [0.1, 0.15) is 46.9 Å². The number of nitrogens with zero attached hydrogens (tertiary/aromatic N) is 1. The molecule has 0 spiro atoms. The maximum absolute atomic E-state index is 14.0. The summed E-state index contributed by atoms with van der Waals surface area (Å²) in [6.07, 6.45) is 0.782. The Kier molecular flexibility index (Phi) is 9.73. The fourth-order valence-corrected chi connectivity index (χ4v) is 6.64. The molecule has 18 nitrogen and oxygen atoms in total. The molecule has 2 aliphatic heterocycles. The monoisotopic (exact) mass is 713 g/mol. The molecule has 0 radical (unpaired) electrons. The first kappa shape index (κ1) is 35.2. The molecule has 2 aromatic carbocycles. The number of hydrogen-bond acceptors (Lipinski definition) is 14. The number of carboxylic acid groups (broad SMARTS) is 2. The van der Waals surface area contributed by atoms with Gasteiger partial charge in [0.05, 0.1) is 5.39 Å². The van der Waals surface area contributed by atoms with Gasteiger partial charge in [0, 0.05) is 31.4 Å². The number of ether oxygens (including phenoxy) is 3. The number of carbonyl (C=O) groups is 6. The van der Waals surface area contributed by atoms with Crippen LogP contribution in [-0.2, 0) is 33.4 Å². The molecule has 1 fully saturated rings. The number of fused-ring (bicyclic) bond motifs is 2. The number of methoxy groups -OCH3 is 1. The first-order chi connectivity index (χ1) is 23.7. The summed E-state index contributed by atoms with van der Waals surface area (Å²) in [6, 6.07) is 5.41. The maximum atomic E-state index is 14.0. The third-order valence-electron chi connectivity index (χ3n) is 7.62. The zero-order valence-corrected chi connectivity index (χ0v) is 26.8. The van der Waals surface area contributed by atoms with E-state index in [-0.39, 0.29) is 33.6 Å².